The molecule has 0 bridgehead atoms. The van der Waals surface area contributed by atoms with Crippen molar-refractivity contribution in [1.29, 1.82) is 0 Å². The first kappa shape index (κ1) is 13.0. The Bertz CT molecular complexity index is 355. The van der Waals surface area contributed by atoms with Crippen molar-refractivity contribution >= 4 is 22.3 Å². The number of rotatable bonds is 6. The van der Waals surface area contributed by atoms with Gasteiger partial charge < -0.3 is 10.1 Å². The van der Waals surface area contributed by atoms with Gasteiger partial charge in [0, 0.05) is 6.04 Å². The summed E-state index contributed by atoms with van der Waals surface area (Å²) in [6, 6.07) is 6.15. The molecule has 0 aliphatic carbocycles. The summed E-state index contributed by atoms with van der Waals surface area (Å²) in [6.45, 7) is 2.06. The van der Waals surface area contributed by atoms with Gasteiger partial charge in [-0.2, -0.15) is 0 Å². The fourth-order valence-electron chi connectivity index (χ4n) is 1.54. The predicted molar refractivity (Wildman–Crippen MR) is 67.7 cm³/mol. The van der Waals surface area contributed by atoms with Crippen molar-refractivity contribution in [2.24, 2.45) is 0 Å². The van der Waals surface area contributed by atoms with E-state index >= 15 is 0 Å². The van der Waals surface area contributed by atoms with E-state index in [-0.39, 0.29) is 6.04 Å². The second-order valence-electron chi connectivity index (χ2n) is 3.56. The van der Waals surface area contributed by atoms with Crippen LogP contribution in [0.1, 0.15) is 18.9 Å². The van der Waals surface area contributed by atoms with Gasteiger partial charge in [0.25, 0.3) is 0 Å². The van der Waals surface area contributed by atoms with Crippen LogP contribution in [0.2, 0.25) is 0 Å². The van der Waals surface area contributed by atoms with Gasteiger partial charge in [0.05, 0.1) is 11.6 Å². The summed E-state index contributed by atoms with van der Waals surface area (Å²) in [4.78, 5) is 10.4. The fraction of sp³-hybridized carbons (Fsp3) is 0.417. The van der Waals surface area contributed by atoms with Crippen molar-refractivity contribution in [2.45, 2.75) is 25.8 Å². The van der Waals surface area contributed by atoms with Crippen LogP contribution in [0, 0.1) is 0 Å². The molecule has 1 amide bonds. The molecule has 88 valence electrons. The van der Waals surface area contributed by atoms with E-state index in [9.17, 15) is 4.79 Å². The Kier molecular flexibility index (Phi) is 5.32. The molecule has 0 fully saturated rings. The minimum absolute atomic E-state index is 0.192. The molecule has 1 aromatic rings. The molecule has 1 unspecified atom stereocenters. The zero-order valence-electron chi connectivity index (χ0n) is 9.50. The minimum atomic E-state index is 0.192. The van der Waals surface area contributed by atoms with Gasteiger partial charge >= 0.3 is 0 Å². The van der Waals surface area contributed by atoms with E-state index in [1.54, 1.807) is 7.11 Å². The van der Waals surface area contributed by atoms with Crippen LogP contribution >= 0.6 is 15.9 Å². The molecule has 0 saturated heterocycles. The van der Waals surface area contributed by atoms with Gasteiger partial charge in [-0.05, 0) is 46.5 Å². The summed E-state index contributed by atoms with van der Waals surface area (Å²) in [6.07, 6.45) is 2.51. The second-order valence-corrected chi connectivity index (χ2v) is 4.42. The Balaban J connectivity index is 2.73. The average Bonchev–Trinajstić information content (AvgIpc) is 2.28. The third kappa shape index (κ3) is 3.52. The lowest BCUT2D eigenvalue weighted by atomic mass is 10.0. The molecule has 0 radical (unpaired) electrons. The van der Waals surface area contributed by atoms with E-state index in [1.165, 1.54) is 5.56 Å². The van der Waals surface area contributed by atoms with Crippen molar-refractivity contribution in [3.63, 3.8) is 0 Å². The van der Waals surface area contributed by atoms with Crippen LogP contribution in [0.3, 0.4) is 0 Å². The number of hydrogen-bond acceptors (Lipinski definition) is 2. The van der Waals surface area contributed by atoms with Crippen LogP contribution in [0.15, 0.2) is 22.7 Å². The normalized spacial score (nSPS) is 11.9. The largest absolute Gasteiger partial charge is 0.496 e. The summed E-state index contributed by atoms with van der Waals surface area (Å²) in [7, 11) is 1.64. The Morgan fingerprint density at radius 2 is 2.31 bits per heavy atom. The van der Waals surface area contributed by atoms with Crippen LogP contribution in [0.5, 0.6) is 5.75 Å². The maximum atomic E-state index is 10.4. The predicted octanol–water partition coefficient (Wildman–Crippen LogP) is 2.52. The van der Waals surface area contributed by atoms with Crippen molar-refractivity contribution in [3.8, 4) is 5.75 Å². The lowest BCUT2D eigenvalue weighted by molar-refractivity contribution is -0.110. The maximum absolute atomic E-state index is 10.4. The van der Waals surface area contributed by atoms with E-state index < -0.39 is 0 Å². The third-order valence-electron chi connectivity index (χ3n) is 2.49. The van der Waals surface area contributed by atoms with Crippen molar-refractivity contribution in [1.82, 2.24) is 5.32 Å². The number of nitrogens with one attached hydrogen (secondary N) is 1. The number of carbonyl (C=O) groups excluding carboxylic acids is 1. The summed E-state index contributed by atoms with van der Waals surface area (Å²) in [5, 5.41) is 2.80. The van der Waals surface area contributed by atoms with Gasteiger partial charge in [0.1, 0.15) is 5.75 Å². The number of halogens is 1. The van der Waals surface area contributed by atoms with Crippen molar-refractivity contribution in [2.75, 3.05) is 7.11 Å². The molecule has 1 atom stereocenters. The Labute approximate surface area is 104 Å². The van der Waals surface area contributed by atoms with Crippen LogP contribution in [0.4, 0.5) is 0 Å². The highest BCUT2D eigenvalue weighted by Gasteiger charge is 2.07. The number of ether oxygens (including phenoxy) is 1. The number of amides is 1. The summed E-state index contributed by atoms with van der Waals surface area (Å²) in [5.74, 6) is 0.820. The van der Waals surface area contributed by atoms with Gasteiger partial charge in [-0.3, -0.25) is 4.79 Å². The lowest BCUT2D eigenvalue weighted by Gasteiger charge is -2.14. The maximum Gasteiger partial charge on any atom is 0.207 e. The first-order valence-corrected chi connectivity index (χ1v) is 6.02. The van der Waals surface area contributed by atoms with Crippen LogP contribution in [-0.2, 0) is 11.2 Å². The summed E-state index contributed by atoms with van der Waals surface area (Å²) in [5.41, 5.74) is 1.17. The summed E-state index contributed by atoms with van der Waals surface area (Å²) < 4.78 is 6.10. The number of hydrogen-bond donors (Lipinski definition) is 1. The van der Waals surface area contributed by atoms with Gasteiger partial charge in [-0.15, -0.1) is 0 Å². The van der Waals surface area contributed by atoms with Gasteiger partial charge in [-0.1, -0.05) is 13.0 Å². The van der Waals surface area contributed by atoms with Gasteiger partial charge in [-0.25, -0.2) is 0 Å². The zero-order chi connectivity index (χ0) is 12.0. The topological polar surface area (TPSA) is 38.3 Å². The van der Waals surface area contributed by atoms with Crippen LogP contribution in [0.25, 0.3) is 0 Å². The fourth-order valence-corrected chi connectivity index (χ4v) is 2.13. The van der Waals surface area contributed by atoms with E-state index in [4.69, 9.17) is 4.74 Å². The molecule has 1 rings (SSSR count). The van der Waals surface area contributed by atoms with Crippen molar-refractivity contribution in [3.05, 3.63) is 28.2 Å². The third-order valence-corrected chi connectivity index (χ3v) is 3.11. The zero-order valence-corrected chi connectivity index (χ0v) is 11.1. The van der Waals surface area contributed by atoms with Crippen molar-refractivity contribution < 1.29 is 9.53 Å². The Morgan fingerprint density at radius 3 is 2.81 bits per heavy atom. The van der Waals surface area contributed by atoms with E-state index in [0.717, 1.165) is 29.5 Å². The molecule has 4 heteroatoms. The standard InChI is InChI=1S/C12H16BrNO2/c1-3-10(14-8-15)6-9-4-5-12(16-2)11(13)7-9/h4-5,7-8,10H,3,6H2,1-2H3,(H,14,15). The first-order chi connectivity index (χ1) is 7.71. The molecular formula is C12H16BrNO2. The highest BCUT2D eigenvalue weighted by molar-refractivity contribution is 9.10. The number of benzene rings is 1. The molecule has 0 aliphatic rings. The van der Waals surface area contributed by atoms with E-state index in [0.29, 0.717) is 0 Å². The highest BCUT2D eigenvalue weighted by Crippen LogP contribution is 2.26. The summed E-state index contributed by atoms with van der Waals surface area (Å²) >= 11 is 3.44. The van der Waals surface area contributed by atoms with E-state index in [1.807, 2.05) is 18.2 Å². The van der Waals surface area contributed by atoms with Gasteiger partial charge in [0.15, 0.2) is 0 Å². The minimum Gasteiger partial charge on any atom is -0.496 e. The molecule has 1 N–H and O–H groups in total. The second kappa shape index (κ2) is 6.53. The van der Waals surface area contributed by atoms with Crippen LogP contribution in [-0.4, -0.2) is 19.6 Å². The Morgan fingerprint density at radius 1 is 1.56 bits per heavy atom. The SMILES string of the molecule is CCC(Cc1ccc(OC)c(Br)c1)NC=O. The van der Waals surface area contributed by atoms with Gasteiger partial charge in [0.2, 0.25) is 6.41 Å². The number of carbonyl (C=O) groups is 1. The molecule has 0 heterocycles. The van der Waals surface area contributed by atoms with Crippen LogP contribution < -0.4 is 10.1 Å². The monoisotopic (exact) mass is 285 g/mol. The Hall–Kier alpha value is -1.03. The number of methoxy groups -OCH3 is 1. The van der Waals surface area contributed by atoms with E-state index in [2.05, 4.69) is 28.2 Å². The molecule has 1 aromatic carbocycles. The molecule has 0 spiro atoms. The lowest BCUT2D eigenvalue weighted by Crippen LogP contribution is -2.29. The molecule has 0 saturated carbocycles. The molecule has 0 aromatic heterocycles. The quantitative estimate of drug-likeness (QED) is 0.816. The molecule has 16 heavy (non-hydrogen) atoms. The highest BCUT2D eigenvalue weighted by atomic mass is 79.9. The first-order valence-electron chi connectivity index (χ1n) is 5.23. The average molecular weight is 286 g/mol. The smallest absolute Gasteiger partial charge is 0.207 e. The molecule has 3 nitrogen and oxygen atoms in total. The molecular weight excluding hydrogens is 270 g/mol. The molecule has 0 aliphatic heterocycles.